The molecule has 3 heterocycles. The third-order valence-corrected chi connectivity index (χ3v) is 6.38. The van der Waals surface area contributed by atoms with Crippen LogP contribution in [0.4, 0.5) is 5.69 Å². The summed E-state index contributed by atoms with van der Waals surface area (Å²) in [7, 11) is 1.43. The Morgan fingerprint density at radius 1 is 1.19 bits per heavy atom. The SMILES string of the molecule is COc1ncc(-c2ccc3ncn(C4CCN(C(C)C)CC4)c(=O)c3c2)cc1NS(=O)O. The van der Waals surface area contributed by atoms with Gasteiger partial charge in [-0.1, -0.05) is 6.07 Å². The van der Waals surface area contributed by atoms with E-state index >= 15 is 0 Å². The maximum atomic E-state index is 13.3. The molecular formula is C22H27N5O4S. The number of fused-ring (bicyclic) bond motifs is 1. The lowest BCUT2D eigenvalue weighted by Crippen LogP contribution is -2.40. The van der Waals surface area contributed by atoms with Crippen LogP contribution in [0, 0.1) is 0 Å². The molecule has 1 aromatic carbocycles. The van der Waals surface area contributed by atoms with Gasteiger partial charge >= 0.3 is 0 Å². The summed E-state index contributed by atoms with van der Waals surface area (Å²) in [5.41, 5.74) is 2.29. The summed E-state index contributed by atoms with van der Waals surface area (Å²) in [4.78, 5) is 24.5. The normalized spacial score (nSPS) is 16.4. The molecule has 10 heteroatoms. The van der Waals surface area contributed by atoms with Crippen LogP contribution in [-0.2, 0) is 11.3 Å². The van der Waals surface area contributed by atoms with Crippen molar-refractivity contribution in [2.75, 3.05) is 24.9 Å². The monoisotopic (exact) mass is 457 g/mol. The molecule has 0 saturated carbocycles. The first-order valence-corrected chi connectivity index (χ1v) is 11.6. The van der Waals surface area contributed by atoms with Crippen molar-refractivity contribution in [1.29, 1.82) is 0 Å². The second kappa shape index (κ2) is 9.35. The quantitative estimate of drug-likeness (QED) is 0.548. The largest absolute Gasteiger partial charge is 0.480 e. The topological polar surface area (TPSA) is 110 Å². The number of pyridine rings is 1. The van der Waals surface area contributed by atoms with Crippen molar-refractivity contribution in [2.24, 2.45) is 0 Å². The predicted molar refractivity (Wildman–Crippen MR) is 125 cm³/mol. The van der Waals surface area contributed by atoms with Gasteiger partial charge in [0.05, 0.1) is 24.3 Å². The molecule has 2 N–H and O–H groups in total. The molecule has 32 heavy (non-hydrogen) atoms. The van der Waals surface area contributed by atoms with Crippen molar-refractivity contribution < 1.29 is 13.5 Å². The van der Waals surface area contributed by atoms with E-state index in [9.17, 15) is 13.6 Å². The Kier molecular flexibility index (Phi) is 6.54. The Labute approximate surface area is 188 Å². The molecule has 1 atom stereocenters. The number of aromatic nitrogens is 3. The summed E-state index contributed by atoms with van der Waals surface area (Å²) in [5, 5.41) is 0.535. The number of methoxy groups -OCH3 is 1. The van der Waals surface area contributed by atoms with Crippen LogP contribution < -0.4 is 15.0 Å². The fraction of sp³-hybridized carbons (Fsp3) is 0.409. The number of benzene rings is 1. The lowest BCUT2D eigenvalue weighted by atomic mass is 10.0. The van der Waals surface area contributed by atoms with Crippen LogP contribution in [0.5, 0.6) is 5.88 Å². The zero-order valence-electron chi connectivity index (χ0n) is 18.3. The number of piperidine rings is 1. The number of hydrogen-bond donors (Lipinski definition) is 2. The smallest absolute Gasteiger partial charge is 0.261 e. The van der Waals surface area contributed by atoms with Crippen LogP contribution in [-0.4, -0.2) is 54.4 Å². The van der Waals surface area contributed by atoms with E-state index < -0.39 is 11.3 Å². The highest BCUT2D eigenvalue weighted by Gasteiger charge is 2.23. The third kappa shape index (κ3) is 4.52. The van der Waals surface area contributed by atoms with Gasteiger partial charge in [-0.05, 0) is 50.5 Å². The van der Waals surface area contributed by atoms with Crippen molar-refractivity contribution >= 4 is 27.9 Å². The van der Waals surface area contributed by atoms with Crippen molar-refractivity contribution in [2.45, 2.75) is 38.8 Å². The lowest BCUT2D eigenvalue weighted by Gasteiger charge is -2.35. The van der Waals surface area contributed by atoms with Gasteiger partial charge in [0.25, 0.3) is 16.8 Å². The number of rotatable bonds is 6. The molecule has 0 spiro atoms. The van der Waals surface area contributed by atoms with Gasteiger partial charge in [-0.25, -0.2) is 14.2 Å². The third-order valence-electron chi connectivity index (χ3n) is 5.98. The highest BCUT2D eigenvalue weighted by molar-refractivity contribution is 7.80. The first-order valence-electron chi connectivity index (χ1n) is 10.5. The molecule has 9 nitrogen and oxygen atoms in total. The van der Waals surface area contributed by atoms with Gasteiger partial charge in [-0.2, -0.15) is 0 Å². The minimum atomic E-state index is -2.27. The van der Waals surface area contributed by atoms with E-state index in [1.54, 1.807) is 35.3 Å². The van der Waals surface area contributed by atoms with E-state index in [2.05, 4.69) is 33.4 Å². The number of likely N-dealkylation sites (tertiary alicyclic amines) is 1. The van der Waals surface area contributed by atoms with Crippen LogP contribution >= 0.6 is 0 Å². The summed E-state index contributed by atoms with van der Waals surface area (Å²) >= 11 is -2.27. The molecule has 1 aliphatic heterocycles. The molecule has 1 saturated heterocycles. The van der Waals surface area contributed by atoms with Crippen LogP contribution in [0.1, 0.15) is 32.7 Å². The minimum Gasteiger partial charge on any atom is -0.480 e. The summed E-state index contributed by atoms with van der Waals surface area (Å²) in [6.07, 6.45) is 5.09. The fourth-order valence-electron chi connectivity index (χ4n) is 4.20. The second-order valence-electron chi connectivity index (χ2n) is 8.18. The van der Waals surface area contributed by atoms with Crippen molar-refractivity contribution in [3.8, 4) is 17.0 Å². The number of ether oxygens (including phenoxy) is 1. The maximum Gasteiger partial charge on any atom is 0.261 e. The van der Waals surface area contributed by atoms with Crippen LogP contribution in [0.3, 0.4) is 0 Å². The summed E-state index contributed by atoms with van der Waals surface area (Å²) in [6, 6.07) is 7.76. The van der Waals surface area contributed by atoms with Crippen molar-refractivity contribution in [3.05, 3.63) is 47.1 Å². The number of hydrogen-bond acceptors (Lipinski definition) is 6. The molecule has 3 aromatic rings. The van der Waals surface area contributed by atoms with Crippen LogP contribution in [0.25, 0.3) is 22.0 Å². The first-order chi connectivity index (χ1) is 15.4. The molecular weight excluding hydrogens is 430 g/mol. The number of anilines is 1. The Morgan fingerprint density at radius 3 is 2.59 bits per heavy atom. The molecule has 2 aromatic heterocycles. The summed E-state index contributed by atoms with van der Waals surface area (Å²) in [5.74, 6) is 0.203. The van der Waals surface area contributed by atoms with E-state index in [4.69, 9.17) is 4.74 Å². The predicted octanol–water partition coefficient (Wildman–Crippen LogP) is 3.06. The molecule has 0 amide bonds. The lowest BCUT2D eigenvalue weighted by molar-refractivity contribution is 0.150. The highest BCUT2D eigenvalue weighted by Crippen LogP contribution is 2.30. The summed E-state index contributed by atoms with van der Waals surface area (Å²) < 4.78 is 29.7. The van der Waals surface area contributed by atoms with Gasteiger partial charge in [0.1, 0.15) is 5.69 Å². The molecule has 0 radical (unpaired) electrons. The second-order valence-corrected chi connectivity index (χ2v) is 8.88. The van der Waals surface area contributed by atoms with Gasteiger partial charge in [0, 0.05) is 36.9 Å². The molecule has 170 valence electrons. The van der Waals surface area contributed by atoms with Gasteiger partial charge in [0.15, 0.2) is 0 Å². The van der Waals surface area contributed by atoms with E-state index in [-0.39, 0.29) is 23.2 Å². The van der Waals surface area contributed by atoms with Crippen LogP contribution in [0.15, 0.2) is 41.6 Å². The zero-order chi connectivity index (χ0) is 22.8. The van der Waals surface area contributed by atoms with E-state index in [1.165, 1.54) is 7.11 Å². The molecule has 0 bridgehead atoms. The molecule has 1 aliphatic rings. The molecule has 1 fully saturated rings. The minimum absolute atomic E-state index is 0.0591. The number of nitrogens with one attached hydrogen (secondary N) is 1. The van der Waals surface area contributed by atoms with E-state index in [0.717, 1.165) is 31.5 Å². The van der Waals surface area contributed by atoms with E-state index in [1.807, 2.05) is 6.07 Å². The fourth-order valence-corrected chi connectivity index (χ4v) is 4.53. The van der Waals surface area contributed by atoms with Crippen molar-refractivity contribution in [1.82, 2.24) is 19.4 Å². The maximum absolute atomic E-state index is 13.3. The van der Waals surface area contributed by atoms with Gasteiger partial charge in [-0.15, -0.1) is 0 Å². The molecule has 1 unspecified atom stereocenters. The average Bonchev–Trinajstić information content (AvgIpc) is 2.79. The standard InChI is InChI=1S/C22H27N5O4S/c1-14(2)26-8-6-17(7-9-26)27-13-24-19-5-4-15(10-18(19)22(27)28)16-11-20(25-32(29)30)21(31-3)23-12-16/h4-5,10-14,17,25H,6-9H2,1-3H3,(H,29,30). The van der Waals surface area contributed by atoms with Gasteiger partial charge in [0.2, 0.25) is 5.88 Å². The molecule has 0 aliphatic carbocycles. The Morgan fingerprint density at radius 2 is 1.94 bits per heavy atom. The first kappa shape index (κ1) is 22.4. The Balaban J connectivity index is 1.69. The molecule has 4 rings (SSSR count). The number of nitrogens with zero attached hydrogens (tertiary/aromatic N) is 4. The summed E-state index contributed by atoms with van der Waals surface area (Å²) in [6.45, 7) is 6.32. The van der Waals surface area contributed by atoms with Crippen molar-refractivity contribution in [3.63, 3.8) is 0 Å². The van der Waals surface area contributed by atoms with Gasteiger partial charge < -0.3 is 9.64 Å². The van der Waals surface area contributed by atoms with Gasteiger partial charge in [-0.3, -0.25) is 18.6 Å². The zero-order valence-corrected chi connectivity index (χ0v) is 19.1. The average molecular weight is 458 g/mol. The van der Waals surface area contributed by atoms with Crippen LogP contribution in [0.2, 0.25) is 0 Å². The Bertz CT molecular complexity index is 1200. The highest BCUT2D eigenvalue weighted by atomic mass is 32.2. The Hall–Kier alpha value is -2.82. The van der Waals surface area contributed by atoms with E-state index in [0.29, 0.717) is 22.5 Å².